The molecule has 1 aromatic rings. The first-order valence-corrected chi connectivity index (χ1v) is 12.6. The first-order chi connectivity index (χ1) is 16.1. The number of carbonyl (C=O) groups is 2. The molecule has 0 spiro atoms. The average Bonchev–Trinajstić information content (AvgIpc) is 3.18. The van der Waals surface area contributed by atoms with Crippen molar-refractivity contribution in [3.63, 3.8) is 0 Å². The molecule has 0 saturated heterocycles. The fourth-order valence-corrected chi connectivity index (χ4v) is 5.21. The lowest BCUT2D eigenvalue weighted by Crippen LogP contribution is -2.42. The van der Waals surface area contributed by atoms with Gasteiger partial charge in [0.2, 0.25) is 5.88 Å². The van der Waals surface area contributed by atoms with Crippen LogP contribution in [0, 0.1) is 23.7 Å². The monoisotopic (exact) mass is 474 g/mol. The summed E-state index contributed by atoms with van der Waals surface area (Å²) in [5.74, 6) is 2.69. The summed E-state index contributed by atoms with van der Waals surface area (Å²) in [4.78, 5) is 24.9. The minimum atomic E-state index is -0.676. The molecule has 2 amide bonds. The molecule has 0 aromatic carbocycles. The number of rotatable bonds is 9. The summed E-state index contributed by atoms with van der Waals surface area (Å²) in [6, 6.07) is 0.107. The van der Waals surface area contributed by atoms with E-state index in [4.69, 9.17) is 4.74 Å². The van der Waals surface area contributed by atoms with Crippen LogP contribution in [0.3, 0.4) is 0 Å². The first-order valence-electron chi connectivity index (χ1n) is 12.6. The number of nitrogens with one attached hydrogen (secondary N) is 2. The van der Waals surface area contributed by atoms with Crippen molar-refractivity contribution < 1.29 is 19.1 Å². The number of fused-ring (bicyclic) bond motifs is 2. The smallest absolute Gasteiger partial charge is 0.407 e. The third-order valence-corrected chi connectivity index (χ3v) is 7.02. The second-order valence-electron chi connectivity index (χ2n) is 11.1. The number of carbonyl (C=O) groups excluding carboxylic acids is 2. The molecule has 8 nitrogen and oxygen atoms in total. The van der Waals surface area contributed by atoms with Crippen molar-refractivity contribution in [1.29, 1.82) is 0 Å². The van der Waals surface area contributed by atoms with E-state index < -0.39 is 11.6 Å². The maximum atomic E-state index is 13.3. The molecule has 3 rings (SSSR count). The Morgan fingerprint density at radius 2 is 1.88 bits per heavy atom. The van der Waals surface area contributed by atoms with Crippen LogP contribution in [0.15, 0.2) is 12.3 Å². The highest BCUT2D eigenvalue weighted by Gasteiger charge is 2.35. The molecule has 0 aliphatic heterocycles. The fourth-order valence-electron chi connectivity index (χ4n) is 5.21. The molecule has 2 saturated carbocycles. The van der Waals surface area contributed by atoms with Crippen LogP contribution in [-0.2, 0) is 4.74 Å². The largest absolute Gasteiger partial charge is 0.477 e. The Balaban J connectivity index is 1.73. The number of hydrogen-bond acceptors (Lipinski definition) is 5. The van der Waals surface area contributed by atoms with Crippen LogP contribution in [0.1, 0.15) is 83.5 Å². The Kier molecular flexibility index (Phi) is 8.66. The summed E-state index contributed by atoms with van der Waals surface area (Å²) in [7, 11) is 1.33. The van der Waals surface area contributed by atoms with Crippen molar-refractivity contribution in [2.24, 2.45) is 23.7 Å². The van der Waals surface area contributed by atoms with Crippen LogP contribution >= 0.6 is 0 Å². The molecular formula is C26H42N4O4. The minimum absolute atomic E-state index is 0.107. The number of alkyl carbamates (subject to hydrolysis) is 1. The van der Waals surface area contributed by atoms with Gasteiger partial charge in [-0.2, -0.15) is 5.10 Å². The normalized spacial score (nSPS) is 23.6. The van der Waals surface area contributed by atoms with Crippen molar-refractivity contribution in [3.05, 3.63) is 17.8 Å². The third-order valence-electron chi connectivity index (χ3n) is 7.02. The van der Waals surface area contributed by atoms with Crippen LogP contribution in [0.2, 0.25) is 0 Å². The lowest BCUT2D eigenvalue weighted by molar-refractivity contribution is 0.0849. The molecular weight excluding hydrogens is 432 g/mol. The standard InChI is InChI=1S/C26H42N4O4/c1-17(2)16-34-24-22(15-27-30(24)11-10-26(4,5)29-25(32)33-6)23(31)28-18(3)21-13-19-8-7-9-20(12-19)14-21/h10-11,15,17-21H,7-9,12-14,16H2,1-6H3,(H,28,31)(H,29,32)/b11-10+. The van der Waals surface area contributed by atoms with Gasteiger partial charge in [0.1, 0.15) is 5.56 Å². The van der Waals surface area contributed by atoms with Gasteiger partial charge in [-0.15, -0.1) is 0 Å². The molecule has 2 fully saturated rings. The van der Waals surface area contributed by atoms with Crippen molar-refractivity contribution in [3.8, 4) is 5.88 Å². The highest BCUT2D eigenvalue weighted by atomic mass is 16.5. The van der Waals surface area contributed by atoms with E-state index in [0.717, 1.165) is 11.8 Å². The van der Waals surface area contributed by atoms with Gasteiger partial charge in [-0.1, -0.05) is 33.1 Å². The van der Waals surface area contributed by atoms with Gasteiger partial charge in [0, 0.05) is 12.2 Å². The molecule has 0 radical (unpaired) electrons. The van der Waals surface area contributed by atoms with Gasteiger partial charge < -0.3 is 20.1 Å². The highest BCUT2D eigenvalue weighted by molar-refractivity contribution is 5.96. The second kappa shape index (κ2) is 11.3. The first kappa shape index (κ1) is 26.1. The molecule has 1 heterocycles. The van der Waals surface area contributed by atoms with Gasteiger partial charge in [-0.25, -0.2) is 9.48 Å². The summed E-state index contributed by atoms with van der Waals surface area (Å²) in [5, 5.41) is 10.4. The fraction of sp³-hybridized carbons (Fsp3) is 0.731. The zero-order valence-corrected chi connectivity index (χ0v) is 21.6. The highest BCUT2D eigenvalue weighted by Crippen LogP contribution is 2.43. The van der Waals surface area contributed by atoms with E-state index in [1.165, 1.54) is 45.6 Å². The van der Waals surface area contributed by atoms with E-state index in [-0.39, 0.29) is 11.9 Å². The summed E-state index contributed by atoms with van der Waals surface area (Å²) < 4.78 is 12.3. The maximum absolute atomic E-state index is 13.3. The number of nitrogens with zero attached hydrogens (tertiary/aromatic N) is 2. The van der Waals surface area contributed by atoms with Crippen LogP contribution in [0.5, 0.6) is 5.88 Å². The molecule has 2 aliphatic rings. The molecule has 8 heteroatoms. The summed E-state index contributed by atoms with van der Waals surface area (Å²) in [6.07, 6.45) is 12.3. The predicted octanol–water partition coefficient (Wildman–Crippen LogP) is 4.86. The SMILES string of the molecule is COC(=O)NC(C)(C)/C=C/n1ncc(C(=O)NC(C)C2CC3CCCC(C3)C2)c1OCC(C)C. The van der Waals surface area contributed by atoms with Gasteiger partial charge >= 0.3 is 6.09 Å². The number of aromatic nitrogens is 2. The van der Waals surface area contributed by atoms with E-state index in [0.29, 0.717) is 29.9 Å². The zero-order chi connectivity index (χ0) is 24.9. The van der Waals surface area contributed by atoms with E-state index in [9.17, 15) is 9.59 Å². The zero-order valence-electron chi connectivity index (χ0n) is 21.6. The molecule has 3 unspecified atom stereocenters. The molecule has 34 heavy (non-hydrogen) atoms. The summed E-state index contributed by atoms with van der Waals surface area (Å²) >= 11 is 0. The quantitative estimate of drug-likeness (QED) is 0.533. The molecule has 1 aromatic heterocycles. The van der Waals surface area contributed by atoms with Crippen molar-refractivity contribution in [2.45, 2.75) is 84.7 Å². The van der Waals surface area contributed by atoms with Crippen LogP contribution < -0.4 is 15.4 Å². The number of amides is 2. The Morgan fingerprint density at radius 1 is 1.21 bits per heavy atom. The van der Waals surface area contributed by atoms with Crippen molar-refractivity contribution in [1.82, 2.24) is 20.4 Å². The van der Waals surface area contributed by atoms with Crippen LogP contribution in [0.4, 0.5) is 4.79 Å². The van der Waals surface area contributed by atoms with Crippen LogP contribution in [0.25, 0.3) is 6.20 Å². The summed E-state index contributed by atoms with van der Waals surface area (Å²) in [6.45, 7) is 10.4. The van der Waals surface area contributed by atoms with E-state index >= 15 is 0 Å². The lowest BCUT2D eigenvalue weighted by atomic mass is 9.66. The molecule has 2 N–H and O–H groups in total. The number of methoxy groups -OCH3 is 1. The van der Waals surface area contributed by atoms with Crippen molar-refractivity contribution >= 4 is 18.2 Å². The molecule has 190 valence electrons. The minimum Gasteiger partial charge on any atom is -0.477 e. The topological polar surface area (TPSA) is 94.5 Å². The Bertz CT molecular complexity index is 864. The van der Waals surface area contributed by atoms with Crippen LogP contribution in [-0.4, -0.2) is 47.1 Å². The Morgan fingerprint density at radius 3 is 2.50 bits per heavy atom. The van der Waals surface area contributed by atoms with Gasteiger partial charge in [-0.05, 0) is 69.8 Å². The van der Waals surface area contributed by atoms with Gasteiger partial charge in [0.15, 0.2) is 0 Å². The molecule has 3 atom stereocenters. The summed E-state index contributed by atoms with van der Waals surface area (Å²) in [5.41, 5.74) is -0.253. The van der Waals surface area contributed by atoms with Gasteiger partial charge in [0.25, 0.3) is 5.91 Å². The Hall–Kier alpha value is -2.51. The second-order valence-corrected chi connectivity index (χ2v) is 11.1. The van der Waals surface area contributed by atoms with E-state index in [1.54, 1.807) is 23.2 Å². The van der Waals surface area contributed by atoms with E-state index in [2.05, 4.69) is 41.2 Å². The van der Waals surface area contributed by atoms with Gasteiger partial charge in [-0.3, -0.25) is 4.79 Å². The lowest BCUT2D eigenvalue weighted by Gasteiger charge is -2.41. The number of ether oxygens (including phenoxy) is 2. The Labute approximate surface area is 203 Å². The maximum Gasteiger partial charge on any atom is 0.407 e. The molecule has 2 bridgehead atoms. The van der Waals surface area contributed by atoms with Gasteiger partial charge in [0.05, 0.1) is 25.5 Å². The van der Waals surface area contributed by atoms with Crippen molar-refractivity contribution in [2.75, 3.05) is 13.7 Å². The predicted molar refractivity (Wildman–Crippen MR) is 133 cm³/mol. The number of hydrogen-bond donors (Lipinski definition) is 2. The molecule has 2 aliphatic carbocycles. The van der Waals surface area contributed by atoms with E-state index in [1.807, 2.05) is 13.8 Å². The third kappa shape index (κ3) is 7.00. The average molecular weight is 475 g/mol.